The maximum atomic E-state index is 12.4. The first kappa shape index (κ1) is 13.7. The Morgan fingerprint density at radius 2 is 1.67 bits per heavy atom. The number of hydrogen-bond acceptors (Lipinski definition) is 3. The molecule has 1 aromatic rings. The number of aromatic nitrogens is 2. The van der Waals surface area contributed by atoms with Crippen LogP contribution in [0.4, 0.5) is 5.95 Å². The van der Waals surface area contributed by atoms with E-state index in [-0.39, 0.29) is 11.3 Å². The number of carbonyl (C=O) groups excluding carboxylic acids is 1. The van der Waals surface area contributed by atoms with Crippen molar-refractivity contribution in [3.63, 3.8) is 0 Å². The Kier molecular flexibility index (Phi) is 3.28. The van der Waals surface area contributed by atoms with Gasteiger partial charge < -0.3 is 0 Å². The molecule has 1 N–H and O–H groups in total. The van der Waals surface area contributed by atoms with Crippen molar-refractivity contribution >= 4 is 27.8 Å². The lowest BCUT2D eigenvalue weighted by Crippen LogP contribution is -2.47. The van der Waals surface area contributed by atoms with Gasteiger partial charge in [-0.05, 0) is 77.6 Å². The summed E-state index contributed by atoms with van der Waals surface area (Å²) in [7, 11) is 0. The van der Waals surface area contributed by atoms with Crippen LogP contribution < -0.4 is 5.32 Å². The summed E-state index contributed by atoms with van der Waals surface area (Å²) in [5.41, 5.74) is 0.272. The molecule has 4 aliphatic carbocycles. The molecule has 0 saturated heterocycles. The minimum Gasteiger partial charge on any atom is -0.295 e. The summed E-state index contributed by atoms with van der Waals surface area (Å²) in [5.74, 6) is 3.14. The van der Waals surface area contributed by atoms with Crippen molar-refractivity contribution in [3.8, 4) is 0 Å². The zero-order chi connectivity index (χ0) is 14.4. The van der Waals surface area contributed by atoms with Gasteiger partial charge in [-0.3, -0.25) is 10.1 Å². The van der Waals surface area contributed by atoms with E-state index in [0.29, 0.717) is 12.4 Å². The van der Waals surface area contributed by atoms with Crippen LogP contribution in [0.3, 0.4) is 0 Å². The Morgan fingerprint density at radius 3 is 2.19 bits per heavy atom. The molecule has 0 radical (unpaired) electrons. The third-order valence-corrected chi connectivity index (χ3v) is 5.98. The molecule has 1 amide bonds. The van der Waals surface area contributed by atoms with E-state index < -0.39 is 0 Å². The van der Waals surface area contributed by atoms with E-state index in [0.717, 1.165) is 22.2 Å². The SMILES string of the molecule is O=C(CC12CC3CC(CC(C3)C1)C2)Nc1ncc(Br)cn1. The Balaban J connectivity index is 1.43. The van der Waals surface area contributed by atoms with E-state index in [4.69, 9.17) is 0 Å². The molecule has 4 saturated carbocycles. The van der Waals surface area contributed by atoms with Crippen LogP contribution in [0.5, 0.6) is 0 Å². The molecule has 0 spiro atoms. The third kappa shape index (κ3) is 2.72. The molecule has 4 nitrogen and oxygen atoms in total. The number of anilines is 1. The van der Waals surface area contributed by atoms with Crippen molar-refractivity contribution < 1.29 is 4.79 Å². The highest BCUT2D eigenvalue weighted by molar-refractivity contribution is 9.10. The summed E-state index contributed by atoms with van der Waals surface area (Å²) in [4.78, 5) is 20.6. The maximum Gasteiger partial charge on any atom is 0.229 e. The lowest BCUT2D eigenvalue weighted by molar-refractivity contribution is -0.124. The largest absolute Gasteiger partial charge is 0.295 e. The fraction of sp³-hybridized carbons (Fsp3) is 0.688. The summed E-state index contributed by atoms with van der Waals surface area (Å²) in [6, 6.07) is 0. The van der Waals surface area contributed by atoms with E-state index in [9.17, 15) is 4.79 Å². The van der Waals surface area contributed by atoms with E-state index >= 15 is 0 Å². The van der Waals surface area contributed by atoms with Crippen molar-refractivity contribution in [2.24, 2.45) is 23.2 Å². The van der Waals surface area contributed by atoms with Gasteiger partial charge in [0.15, 0.2) is 0 Å². The summed E-state index contributed by atoms with van der Waals surface area (Å²) in [5, 5.41) is 2.86. The molecular formula is C16H20BrN3O. The number of carbonyl (C=O) groups is 1. The monoisotopic (exact) mass is 349 g/mol. The molecule has 21 heavy (non-hydrogen) atoms. The normalized spacial score (nSPS) is 36.7. The predicted molar refractivity (Wildman–Crippen MR) is 83.6 cm³/mol. The number of amides is 1. The average molecular weight is 350 g/mol. The number of nitrogens with zero attached hydrogens (tertiary/aromatic N) is 2. The third-order valence-electron chi connectivity index (χ3n) is 5.57. The molecule has 4 fully saturated rings. The van der Waals surface area contributed by atoms with Crippen LogP contribution in [-0.2, 0) is 4.79 Å². The Bertz CT molecular complexity index is 522. The van der Waals surface area contributed by atoms with Gasteiger partial charge in [0.05, 0.1) is 4.47 Å². The summed E-state index contributed by atoms with van der Waals surface area (Å²) >= 11 is 3.30. The standard InChI is InChI=1S/C16H20BrN3O/c17-13-8-18-15(19-9-13)20-14(21)7-16-4-10-1-11(5-16)3-12(2-10)6-16/h8-12H,1-7H2,(H,18,19,20,21). The van der Waals surface area contributed by atoms with E-state index in [2.05, 4.69) is 31.2 Å². The Hall–Kier alpha value is -0.970. The van der Waals surface area contributed by atoms with Crippen molar-refractivity contribution in [2.75, 3.05) is 5.32 Å². The molecule has 5 heteroatoms. The van der Waals surface area contributed by atoms with Gasteiger partial charge in [-0.25, -0.2) is 9.97 Å². The van der Waals surface area contributed by atoms with Crippen LogP contribution in [0.1, 0.15) is 44.9 Å². The van der Waals surface area contributed by atoms with Gasteiger partial charge >= 0.3 is 0 Å². The molecule has 4 aliphatic rings. The van der Waals surface area contributed by atoms with Crippen molar-refractivity contribution in [2.45, 2.75) is 44.9 Å². The number of halogens is 1. The van der Waals surface area contributed by atoms with Crippen molar-refractivity contribution in [3.05, 3.63) is 16.9 Å². The van der Waals surface area contributed by atoms with Gasteiger partial charge in [0.25, 0.3) is 0 Å². The number of rotatable bonds is 3. The molecule has 1 aromatic heterocycles. The molecule has 0 unspecified atom stereocenters. The number of hydrogen-bond donors (Lipinski definition) is 1. The quantitative estimate of drug-likeness (QED) is 0.903. The van der Waals surface area contributed by atoms with Crippen LogP contribution in [0, 0.1) is 23.2 Å². The highest BCUT2D eigenvalue weighted by Gasteiger charge is 2.51. The maximum absolute atomic E-state index is 12.4. The minimum absolute atomic E-state index is 0.0827. The zero-order valence-corrected chi connectivity index (χ0v) is 13.6. The van der Waals surface area contributed by atoms with E-state index in [1.165, 1.54) is 38.5 Å². The van der Waals surface area contributed by atoms with Gasteiger partial charge in [-0.2, -0.15) is 0 Å². The molecule has 1 heterocycles. The summed E-state index contributed by atoms with van der Waals surface area (Å²) in [6.45, 7) is 0. The minimum atomic E-state index is 0.0827. The molecule has 0 atom stereocenters. The van der Waals surface area contributed by atoms with Crippen molar-refractivity contribution in [1.82, 2.24) is 9.97 Å². The van der Waals surface area contributed by atoms with Crippen LogP contribution >= 0.6 is 15.9 Å². The summed E-state index contributed by atoms with van der Waals surface area (Å²) in [6.07, 6.45) is 12.0. The summed E-state index contributed by atoms with van der Waals surface area (Å²) < 4.78 is 0.821. The highest BCUT2D eigenvalue weighted by atomic mass is 79.9. The van der Waals surface area contributed by atoms with E-state index in [1.807, 2.05) is 0 Å². The van der Waals surface area contributed by atoms with Gasteiger partial charge in [0.1, 0.15) is 0 Å². The molecule has 112 valence electrons. The Labute approximate surface area is 133 Å². The zero-order valence-electron chi connectivity index (χ0n) is 12.0. The second-order valence-electron chi connectivity index (χ2n) is 7.37. The lowest BCUT2D eigenvalue weighted by Gasteiger charge is -2.56. The second-order valence-corrected chi connectivity index (χ2v) is 8.28. The van der Waals surface area contributed by atoms with Crippen molar-refractivity contribution in [1.29, 1.82) is 0 Å². The van der Waals surface area contributed by atoms with Crippen LogP contribution in [-0.4, -0.2) is 15.9 Å². The molecule has 0 aliphatic heterocycles. The first-order chi connectivity index (χ1) is 10.1. The number of nitrogens with one attached hydrogen (secondary N) is 1. The smallest absolute Gasteiger partial charge is 0.229 e. The highest BCUT2D eigenvalue weighted by Crippen LogP contribution is 2.61. The first-order valence-electron chi connectivity index (χ1n) is 7.88. The topological polar surface area (TPSA) is 54.9 Å². The van der Waals surface area contributed by atoms with Crippen LogP contribution in [0.25, 0.3) is 0 Å². The fourth-order valence-corrected chi connectivity index (χ4v) is 5.60. The molecule has 4 bridgehead atoms. The predicted octanol–water partition coefficient (Wildman–Crippen LogP) is 3.78. The average Bonchev–Trinajstić information content (AvgIpc) is 2.39. The molecule has 5 rings (SSSR count). The second kappa shape index (κ2) is 5.04. The molecular weight excluding hydrogens is 330 g/mol. The first-order valence-corrected chi connectivity index (χ1v) is 8.67. The van der Waals surface area contributed by atoms with Gasteiger partial charge in [0, 0.05) is 18.8 Å². The van der Waals surface area contributed by atoms with Crippen LogP contribution in [0.2, 0.25) is 0 Å². The fourth-order valence-electron chi connectivity index (χ4n) is 5.39. The Morgan fingerprint density at radius 1 is 1.14 bits per heavy atom. The van der Waals surface area contributed by atoms with Gasteiger partial charge in [0.2, 0.25) is 11.9 Å². The molecule has 0 aromatic carbocycles. The van der Waals surface area contributed by atoms with Crippen LogP contribution in [0.15, 0.2) is 16.9 Å². The van der Waals surface area contributed by atoms with E-state index in [1.54, 1.807) is 12.4 Å². The lowest BCUT2D eigenvalue weighted by atomic mass is 9.49. The van der Waals surface area contributed by atoms with Gasteiger partial charge in [-0.15, -0.1) is 0 Å². The van der Waals surface area contributed by atoms with Gasteiger partial charge in [-0.1, -0.05) is 0 Å².